The molecule has 1 amide bonds. The Morgan fingerprint density at radius 3 is 2.47 bits per heavy atom. The van der Waals surface area contributed by atoms with Crippen LogP contribution in [0.4, 0.5) is 20.3 Å². The van der Waals surface area contributed by atoms with Gasteiger partial charge in [0.05, 0.1) is 50.5 Å². The third kappa shape index (κ3) is 6.40. The van der Waals surface area contributed by atoms with Gasteiger partial charge in [0.2, 0.25) is 0 Å². The van der Waals surface area contributed by atoms with Crippen LogP contribution in [0.1, 0.15) is 42.4 Å². The van der Waals surface area contributed by atoms with E-state index in [2.05, 4.69) is 20.4 Å². The molecule has 0 bridgehead atoms. The van der Waals surface area contributed by atoms with E-state index < -0.39 is 34.7 Å². The Kier molecular flexibility index (Phi) is 7.98. The van der Waals surface area contributed by atoms with Crippen molar-refractivity contribution in [2.24, 2.45) is 0 Å². The molecule has 3 heterocycles. The topological polar surface area (TPSA) is 121 Å². The molecule has 0 aliphatic carbocycles. The van der Waals surface area contributed by atoms with Gasteiger partial charge in [-0.05, 0) is 45.0 Å². The Bertz CT molecular complexity index is 1680. The molecule has 2 aromatic heterocycles. The van der Waals surface area contributed by atoms with E-state index in [1.165, 1.54) is 35.2 Å². The van der Waals surface area contributed by atoms with Crippen LogP contribution in [0.2, 0.25) is 0 Å². The Balaban J connectivity index is 1.49. The van der Waals surface area contributed by atoms with Crippen molar-refractivity contribution >= 4 is 23.4 Å². The summed E-state index contributed by atoms with van der Waals surface area (Å²) in [6, 6.07) is 8.72. The van der Waals surface area contributed by atoms with Gasteiger partial charge in [-0.3, -0.25) is 14.3 Å². The maximum absolute atomic E-state index is 14.8. The first-order valence-electron chi connectivity index (χ1n) is 13.3. The van der Waals surface area contributed by atoms with E-state index in [1.807, 2.05) is 0 Å². The summed E-state index contributed by atoms with van der Waals surface area (Å²) in [6.07, 6.45) is 2.96. The first kappa shape index (κ1) is 29.4. The second-order valence-corrected chi connectivity index (χ2v) is 10.8. The predicted molar refractivity (Wildman–Crippen MR) is 152 cm³/mol. The normalized spacial score (nSPS) is 12.7. The number of methoxy groups -OCH3 is 2. The molecule has 11 nitrogen and oxygen atoms in total. The number of anilines is 2. The van der Waals surface area contributed by atoms with Crippen LogP contribution in [0.3, 0.4) is 0 Å². The third-order valence-electron chi connectivity index (χ3n) is 6.47. The largest absolute Gasteiger partial charge is 0.497 e. The SMILES string of the molecule is COc1ccc(CN2Cc3nc(-c4c(F)cccc4F)nc(Nc4cnn(CC(=O)OC(C)(C)C)c4)c3C2=O)c(OC)c1. The zero-order chi connectivity index (χ0) is 30.9. The van der Waals surface area contributed by atoms with E-state index in [1.54, 1.807) is 46.1 Å². The highest BCUT2D eigenvalue weighted by molar-refractivity contribution is 6.03. The molecule has 2 aromatic carbocycles. The molecule has 0 fully saturated rings. The van der Waals surface area contributed by atoms with Crippen LogP contribution in [0.25, 0.3) is 11.4 Å². The molecule has 0 atom stereocenters. The van der Waals surface area contributed by atoms with Gasteiger partial charge in [0.1, 0.15) is 46.7 Å². The molecule has 224 valence electrons. The summed E-state index contributed by atoms with van der Waals surface area (Å²) in [5, 5.41) is 7.21. The van der Waals surface area contributed by atoms with Gasteiger partial charge in [-0.25, -0.2) is 18.7 Å². The minimum atomic E-state index is -0.847. The number of halogens is 2. The van der Waals surface area contributed by atoms with Crippen LogP contribution in [-0.4, -0.2) is 56.3 Å². The summed E-state index contributed by atoms with van der Waals surface area (Å²) in [5.41, 5.74) is 0.453. The van der Waals surface area contributed by atoms with E-state index in [-0.39, 0.29) is 42.5 Å². The van der Waals surface area contributed by atoms with Crippen molar-refractivity contribution in [3.63, 3.8) is 0 Å². The maximum atomic E-state index is 14.8. The number of nitrogens with one attached hydrogen (secondary N) is 1. The van der Waals surface area contributed by atoms with Crippen LogP contribution in [0.5, 0.6) is 11.5 Å². The van der Waals surface area contributed by atoms with E-state index in [4.69, 9.17) is 14.2 Å². The van der Waals surface area contributed by atoms with Crippen molar-refractivity contribution in [3.05, 3.63) is 77.2 Å². The van der Waals surface area contributed by atoms with Crippen LogP contribution >= 0.6 is 0 Å². The van der Waals surface area contributed by atoms with Crippen molar-refractivity contribution in [3.8, 4) is 22.9 Å². The molecular weight excluding hydrogens is 562 g/mol. The summed E-state index contributed by atoms with van der Waals surface area (Å²) in [4.78, 5) is 36.3. The van der Waals surface area contributed by atoms with Crippen LogP contribution < -0.4 is 14.8 Å². The number of carbonyl (C=O) groups is 2. The Morgan fingerprint density at radius 1 is 1.05 bits per heavy atom. The zero-order valence-corrected chi connectivity index (χ0v) is 24.3. The molecule has 43 heavy (non-hydrogen) atoms. The highest BCUT2D eigenvalue weighted by Crippen LogP contribution is 2.35. The fourth-order valence-corrected chi connectivity index (χ4v) is 4.64. The fraction of sp³-hybridized carbons (Fsp3) is 0.300. The lowest BCUT2D eigenvalue weighted by atomic mass is 10.1. The molecule has 5 rings (SSSR count). The van der Waals surface area contributed by atoms with E-state index in [0.29, 0.717) is 17.2 Å². The number of fused-ring (bicyclic) bond motifs is 1. The molecule has 0 radical (unpaired) electrons. The third-order valence-corrected chi connectivity index (χ3v) is 6.47. The lowest BCUT2D eigenvalue weighted by molar-refractivity contribution is -0.155. The number of rotatable bonds is 9. The molecule has 13 heteroatoms. The summed E-state index contributed by atoms with van der Waals surface area (Å²) in [5.74, 6) is -1.64. The van der Waals surface area contributed by atoms with Gasteiger partial charge in [0.25, 0.3) is 5.91 Å². The van der Waals surface area contributed by atoms with Gasteiger partial charge in [-0.1, -0.05) is 6.07 Å². The lowest BCUT2D eigenvalue weighted by Crippen LogP contribution is -2.26. The maximum Gasteiger partial charge on any atom is 0.328 e. The van der Waals surface area contributed by atoms with E-state index >= 15 is 0 Å². The van der Waals surface area contributed by atoms with Crippen molar-refractivity contribution in [2.75, 3.05) is 19.5 Å². The number of hydrogen-bond acceptors (Lipinski definition) is 9. The first-order chi connectivity index (χ1) is 20.5. The lowest BCUT2D eigenvalue weighted by Gasteiger charge is -2.19. The van der Waals surface area contributed by atoms with Gasteiger partial charge < -0.3 is 24.4 Å². The second kappa shape index (κ2) is 11.7. The number of benzene rings is 2. The number of hydrogen-bond donors (Lipinski definition) is 1. The van der Waals surface area contributed by atoms with E-state index in [9.17, 15) is 18.4 Å². The number of nitrogens with zero attached hydrogens (tertiary/aromatic N) is 5. The average molecular weight is 593 g/mol. The van der Waals surface area contributed by atoms with Gasteiger partial charge in [0.15, 0.2) is 5.82 Å². The van der Waals surface area contributed by atoms with Gasteiger partial charge in [-0.2, -0.15) is 5.10 Å². The highest BCUT2D eigenvalue weighted by Gasteiger charge is 2.34. The van der Waals surface area contributed by atoms with Crippen LogP contribution in [-0.2, 0) is 29.2 Å². The van der Waals surface area contributed by atoms with Crippen LogP contribution in [0, 0.1) is 11.6 Å². The number of carbonyl (C=O) groups excluding carboxylic acids is 2. The molecule has 1 aliphatic rings. The monoisotopic (exact) mass is 592 g/mol. The quantitative estimate of drug-likeness (QED) is 0.271. The first-order valence-corrected chi connectivity index (χ1v) is 13.3. The van der Waals surface area contributed by atoms with Crippen LogP contribution in [0.15, 0.2) is 48.8 Å². The van der Waals surface area contributed by atoms with Crippen molar-refractivity contribution < 1.29 is 32.6 Å². The molecular formula is C30H30F2N6O5. The fourth-order valence-electron chi connectivity index (χ4n) is 4.64. The predicted octanol–water partition coefficient (Wildman–Crippen LogP) is 4.88. The number of aromatic nitrogens is 4. The summed E-state index contributed by atoms with van der Waals surface area (Å²) < 4.78 is 47.0. The number of ether oxygens (including phenoxy) is 3. The zero-order valence-electron chi connectivity index (χ0n) is 24.3. The molecule has 1 N–H and O–H groups in total. The van der Waals surface area contributed by atoms with Gasteiger partial charge in [-0.15, -0.1) is 0 Å². The second-order valence-electron chi connectivity index (χ2n) is 10.8. The number of amides is 1. The Labute approximate surface area is 246 Å². The van der Waals surface area contributed by atoms with Gasteiger partial charge >= 0.3 is 5.97 Å². The van der Waals surface area contributed by atoms with E-state index in [0.717, 1.165) is 17.7 Å². The molecule has 4 aromatic rings. The smallest absolute Gasteiger partial charge is 0.328 e. The highest BCUT2D eigenvalue weighted by atomic mass is 19.1. The molecule has 0 saturated carbocycles. The van der Waals surface area contributed by atoms with Crippen molar-refractivity contribution in [1.82, 2.24) is 24.6 Å². The average Bonchev–Trinajstić information content (AvgIpc) is 3.50. The summed E-state index contributed by atoms with van der Waals surface area (Å²) in [7, 11) is 3.06. The standard InChI is InChI=1S/C30H30F2N6O5/c1-30(2,3)43-24(39)16-38-14-18(12-33-38)34-28-26-22(35-27(36-28)25-20(31)7-6-8-21(25)32)15-37(29(26)40)13-17-9-10-19(41-4)11-23(17)42-5/h6-12,14H,13,15-16H2,1-5H3,(H,34,35,36). The molecule has 0 saturated heterocycles. The Morgan fingerprint density at radius 2 is 1.79 bits per heavy atom. The molecule has 1 aliphatic heterocycles. The minimum Gasteiger partial charge on any atom is -0.497 e. The molecule has 0 unspecified atom stereocenters. The number of esters is 1. The minimum absolute atomic E-state index is 0.0358. The van der Waals surface area contributed by atoms with Gasteiger partial charge in [0, 0.05) is 17.8 Å². The Hall–Kier alpha value is -5.07. The molecule has 0 spiro atoms. The summed E-state index contributed by atoms with van der Waals surface area (Å²) >= 11 is 0. The van der Waals surface area contributed by atoms with Crippen molar-refractivity contribution in [2.45, 2.75) is 46.0 Å². The summed E-state index contributed by atoms with van der Waals surface area (Å²) in [6.45, 7) is 5.36. The van der Waals surface area contributed by atoms with Crippen molar-refractivity contribution in [1.29, 1.82) is 0 Å².